The summed E-state index contributed by atoms with van der Waals surface area (Å²) in [4.78, 5) is 0. The van der Waals surface area contributed by atoms with Crippen molar-refractivity contribution in [3.8, 4) is 11.1 Å². The second kappa shape index (κ2) is 3.19. The first-order valence-electron chi connectivity index (χ1n) is 5.69. The summed E-state index contributed by atoms with van der Waals surface area (Å²) < 4.78 is 0. The van der Waals surface area contributed by atoms with Crippen LogP contribution in [-0.2, 0) is 5.60 Å². The van der Waals surface area contributed by atoms with Gasteiger partial charge in [-0.2, -0.15) is 0 Å². The second-order valence-corrected chi connectivity index (χ2v) is 4.30. The molecule has 16 heavy (non-hydrogen) atoms. The third-order valence-electron chi connectivity index (χ3n) is 3.55. The molecule has 0 heterocycles. The van der Waals surface area contributed by atoms with Crippen molar-refractivity contribution < 1.29 is 5.11 Å². The molecule has 0 unspecified atom stereocenters. The fraction of sp³-hybridized carbons (Fsp3) is 0.200. The molecule has 1 nitrogen and oxygen atoms in total. The van der Waals surface area contributed by atoms with Gasteiger partial charge in [-0.3, -0.25) is 0 Å². The number of benzene rings is 2. The third kappa shape index (κ3) is 1.04. The van der Waals surface area contributed by atoms with Gasteiger partial charge < -0.3 is 5.11 Å². The molecule has 2 aromatic carbocycles. The molecule has 1 heteroatoms. The van der Waals surface area contributed by atoms with E-state index in [1.165, 1.54) is 11.1 Å². The van der Waals surface area contributed by atoms with E-state index >= 15 is 0 Å². The van der Waals surface area contributed by atoms with E-state index in [1.807, 2.05) is 43.3 Å². The Balaban J connectivity index is 2.39. The molecule has 0 atom stereocenters. The molecule has 1 aliphatic rings. The molecular formula is C15H14O. The first kappa shape index (κ1) is 9.61. The van der Waals surface area contributed by atoms with Gasteiger partial charge in [0.15, 0.2) is 0 Å². The van der Waals surface area contributed by atoms with Crippen molar-refractivity contribution in [2.45, 2.75) is 18.9 Å². The highest BCUT2D eigenvalue weighted by molar-refractivity contribution is 5.79. The minimum Gasteiger partial charge on any atom is -0.380 e. The van der Waals surface area contributed by atoms with Gasteiger partial charge >= 0.3 is 0 Å². The van der Waals surface area contributed by atoms with Gasteiger partial charge in [-0.25, -0.2) is 0 Å². The SMILES string of the molecule is CCC1(O)c2ccccc2-c2ccccc21. The van der Waals surface area contributed by atoms with Crippen LogP contribution in [0.5, 0.6) is 0 Å². The lowest BCUT2D eigenvalue weighted by molar-refractivity contribution is 0.0814. The maximum Gasteiger partial charge on any atom is 0.116 e. The Hall–Kier alpha value is -1.60. The molecule has 0 fully saturated rings. The van der Waals surface area contributed by atoms with Crippen LogP contribution in [0.15, 0.2) is 48.5 Å². The molecule has 3 rings (SSSR count). The van der Waals surface area contributed by atoms with Crippen LogP contribution in [0.1, 0.15) is 24.5 Å². The number of rotatable bonds is 1. The standard InChI is InChI=1S/C15H14O/c1-2-15(16)13-9-5-3-7-11(13)12-8-4-6-10-14(12)15/h3-10,16H,2H2,1H3. The summed E-state index contributed by atoms with van der Waals surface area (Å²) in [7, 11) is 0. The normalized spacial score (nSPS) is 15.6. The number of hydrogen-bond acceptors (Lipinski definition) is 1. The van der Waals surface area contributed by atoms with E-state index in [-0.39, 0.29) is 0 Å². The Labute approximate surface area is 95.4 Å². The van der Waals surface area contributed by atoms with Crippen molar-refractivity contribution in [1.82, 2.24) is 0 Å². The molecule has 0 saturated heterocycles. The van der Waals surface area contributed by atoms with Crippen LogP contribution < -0.4 is 0 Å². The molecule has 0 saturated carbocycles. The summed E-state index contributed by atoms with van der Waals surface area (Å²) in [5.74, 6) is 0. The molecule has 80 valence electrons. The Bertz CT molecular complexity index is 497. The van der Waals surface area contributed by atoms with Crippen molar-refractivity contribution >= 4 is 0 Å². The monoisotopic (exact) mass is 210 g/mol. The third-order valence-corrected chi connectivity index (χ3v) is 3.55. The van der Waals surface area contributed by atoms with E-state index in [4.69, 9.17) is 0 Å². The zero-order chi connectivity index (χ0) is 11.2. The Morgan fingerprint density at radius 3 is 1.75 bits per heavy atom. The van der Waals surface area contributed by atoms with Crippen LogP contribution in [0.25, 0.3) is 11.1 Å². The summed E-state index contributed by atoms with van der Waals surface area (Å²) >= 11 is 0. The molecule has 0 radical (unpaired) electrons. The van der Waals surface area contributed by atoms with E-state index < -0.39 is 5.60 Å². The lowest BCUT2D eigenvalue weighted by Gasteiger charge is -2.23. The van der Waals surface area contributed by atoms with Crippen LogP contribution >= 0.6 is 0 Å². The van der Waals surface area contributed by atoms with Gasteiger partial charge in [0.1, 0.15) is 5.60 Å². The molecule has 0 spiro atoms. The summed E-state index contributed by atoms with van der Waals surface area (Å²) in [6, 6.07) is 16.3. The van der Waals surface area contributed by atoms with Crippen LogP contribution in [0.4, 0.5) is 0 Å². The van der Waals surface area contributed by atoms with Gasteiger partial charge in [0.2, 0.25) is 0 Å². The van der Waals surface area contributed by atoms with Gasteiger partial charge in [-0.05, 0) is 28.7 Å². The summed E-state index contributed by atoms with van der Waals surface area (Å²) in [6.07, 6.45) is 0.709. The summed E-state index contributed by atoms with van der Waals surface area (Å²) in [5.41, 5.74) is 3.62. The van der Waals surface area contributed by atoms with Crippen LogP contribution in [0.3, 0.4) is 0 Å². The smallest absolute Gasteiger partial charge is 0.116 e. The second-order valence-electron chi connectivity index (χ2n) is 4.30. The van der Waals surface area contributed by atoms with Crippen LogP contribution in [0.2, 0.25) is 0 Å². The summed E-state index contributed by atoms with van der Waals surface area (Å²) in [6.45, 7) is 2.03. The van der Waals surface area contributed by atoms with Crippen LogP contribution in [0, 0.1) is 0 Å². The highest BCUT2D eigenvalue weighted by Crippen LogP contribution is 2.48. The maximum atomic E-state index is 10.8. The van der Waals surface area contributed by atoms with Crippen LogP contribution in [-0.4, -0.2) is 5.11 Å². The predicted molar refractivity (Wildman–Crippen MR) is 65.2 cm³/mol. The summed E-state index contributed by atoms with van der Waals surface area (Å²) in [5, 5.41) is 10.8. The lowest BCUT2D eigenvalue weighted by atomic mass is 9.89. The first-order chi connectivity index (χ1) is 7.77. The molecule has 0 aromatic heterocycles. The first-order valence-corrected chi connectivity index (χ1v) is 5.69. The zero-order valence-electron chi connectivity index (χ0n) is 9.27. The van der Waals surface area contributed by atoms with E-state index in [1.54, 1.807) is 0 Å². The van der Waals surface area contributed by atoms with Crippen molar-refractivity contribution in [3.63, 3.8) is 0 Å². The Morgan fingerprint density at radius 1 is 0.875 bits per heavy atom. The largest absolute Gasteiger partial charge is 0.380 e. The van der Waals surface area contributed by atoms with E-state index in [0.29, 0.717) is 6.42 Å². The average molecular weight is 210 g/mol. The molecule has 0 amide bonds. The van der Waals surface area contributed by atoms with Gasteiger partial charge in [-0.15, -0.1) is 0 Å². The van der Waals surface area contributed by atoms with Crippen molar-refractivity contribution in [2.75, 3.05) is 0 Å². The molecule has 0 bridgehead atoms. The fourth-order valence-corrected chi connectivity index (χ4v) is 2.68. The Kier molecular flexibility index (Phi) is 1.92. The minimum atomic E-state index is -0.798. The van der Waals surface area contributed by atoms with Crippen molar-refractivity contribution in [3.05, 3.63) is 59.7 Å². The quantitative estimate of drug-likeness (QED) is 0.765. The molecule has 0 aliphatic heterocycles. The number of hydrogen-bond donors (Lipinski definition) is 1. The zero-order valence-corrected chi connectivity index (χ0v) is 9.27. The molecule has 1 N–H and O–H groups in total. The maximum absolute atomic E-state index is 10.8. The number of aliphatic hydroxyl groups is 1. The average Bonchev–Trinajstić information content (AvgIpc) is 2.62. The number of fused-ring (bicyclic) bond motifs is 3. The fourth-order valence-electron chi connectivity index (χ4n) is 2.68. The van der Waals surface area contributed by atoms with Gasteiger partial charge in [0.25, 0.3) is 0 Å². The molecular weight excluding hydrogens is 196 g/mol. The molecule has 2 aromatic rings. The highest BCUT2D eigenvalue weighted by atomic mass is 16.3. The van der Waals surface area contributed by atoms with Crippen molar-refractivity contribution in [1.29, 1.82) is 0 Å². The van der Waals surface area contributed by atoms with E-state index in [2.05, 4.69) is 12.1 Å². The van der Waals surface area contributed by atoms with Gasteiger partial charge in [-0.1, -0.05) is 55.5 Å². The predicted octanol–water partition coefficient (Wildman–Crippen LogP) is 3.31. The van der Waals surface area contributed by atoms with E-state index in [9.17, 15) is 5.11 Å². The van der Waals surface area contributed by atoms with E-state index in [0.717, 1.165) is 11.1 Å². The van der Waals surface area contributed by atoms with Crippen molar-refractivity contribution in [2.24, 2.45) is 0 Å². The van der Waals surface area contributed by atoms with Gasteiger partial charge in [0.05, 0.1) is 0 Å². The van der Waals surface area contributed by atoms with Gasteiger partial charge in [0, 0.05) is 0 Å². The highest BCUT2D eigenvalue weighted by Gasteiger charge is 2.39. The topological polar surface area (TPSA) is 20.2 Å². The Morgan fingerprint density at radius 2 is 1.31 bits per heavy atom. The lowest BCUT2D eigenvalue weighted by Crippen LogP contribution is -2.22. The minimum absolute atomic E-state index is 0.709. The molecule has 1 aliphatic carbocycles.